The van der Waals surface area contributed by atoms with Gasteiger partial charge in [0, 0.05) is 44.4 Å². The van der Waals surface area contributed by atoms with Crippen LogP contribution in [0.15, 0.2) is 29.0 Å². The summed E-state index contributed by atoms with van der Waals surface area (Å²) in [6.45, 7) is 4.45. The Hall–Kier alpha value is -1.39. The van der Waals surface area contributed by atoms with Crippen molar-refractivity contribution in [2.45, 2.75) is 55.5 Å². The number of hydrogen-bond donors (Lipinski definition) is 0. The number of hydrogen-bond acceptors (Lipinski definition) is 5. The van der Waals surface area contributed by atoms with E-state index in [0.29, 0.717) is 5.92 Å². The summed E-state index contributed by atoms with van der Waals surface area (Å²) in [5, 5.41) is 9.76. The molecule has 1 saturated carbocycles. The fourth-order valence-electron chi connectivity index (χ4n) is 5.99. The van der Waals surface area contributed by atoms with Crippen molar-refractivity contribution in [2.24, 2.45) is 24.3 Å². The van der Waals surface area contributed by atoms with Crippen molar-refractivity contribution in [3.63, 3.8) is 0 Å². The van der Waals surface area contributed by atoms with Gasteiger partial charge >= 0.3 is 6.18 Å². The Morgan fingerprint density at radius 2 is 2.03 bits per heavy atom. The molecule has 1 aromatic rings. The van der Waals surface area contributed by atoms with Crippen LogP contribution in [0, 0.1) is 17.3 Å². The molecule has 1 aromatic heterocycles. The van der Waals surface area contributed by atoms with Crippen molar-refractivity contribution in [2.75, 3.05) is 38.6 Å². The summed E-state index contributed by atoms with van der Waals surface area (Å²) in [5.41, 5.74) is -0.780. The van der Waals surface area contributed by atoms with Gasteiger partial charge in [0.2, 0.25) is 0 Å². The summed E-state index contributed by atoms with van der Waals surface area (Å²) in [7, 11) is 2.04. The number of likely N-dealkylation sites (tertiary alicyclic amines) is 1. The van der Waals surface area contributed by atoms with Gasteiger partial charge in [0.15, 0.2) is 5.16 Å². The Morgan fingerprint density at radius 3 is 2.76 bits per heavy atom. The van der Waals surface area contributed by atoms with Gasteiger partial charge < -0.3 is 14.2 Å². The maximum absolute atomic E-state index is 14.6. The fraction of sp³-hybridized carbons (Fsp3) is 0.750. The van der Waals surface area contributed by atoms with Gasteiger partial charge in [-0.3, -0.25) is 0 Å². The van der Waals surface area contributed by atoms with Crippen molar-refractivity contribution >= 4 is 11.8 Å². The van der Waals surface area contributed by atoms with E-state index in [1.54, 1.807) is 11.8 Å². The molecule has 3 fully saturated rings. The van der Waals surface area contributed by atoms with Gasteiger partial charge in [0.05, 0.1) is 5.57 Å². The number of allylic oxidation sites excluding steroid dienone is 4. The number of nitrogens with zero attached hydrogens (tertiary/aromatic N) is 4. The summed E-state index contributed by atoms with van der Waals surface area (Å²) < 4.78 is 60.7. The van der Waals surface area contributed by atoms with E-state index in [0.717, 1.165) is 93.8 Å². The average molecular weight is 501 g/mol. The minimum atomic E-state index is -4.48. The van der Waals surface area contributed by atoms with Crippen LogP contribution < -0.4 is 0 Å². The Balaban J connectivity index is 1.06. The standard InChI is InChI=1S/C24H32F4N4OS/c1-31-21(16-5-10-33-11-6-16)29-30-22(31)34-12-2-8-32-9-7-23(15-32)14-19(23)18-4-3-17(13-20(18)25)24(26,27)28/h3-4,13,16,18-20H,2,5-12,14-15H2,1H3/t18-,19?,20?,23-/m1/s1. The third-order valence-corrected chi connectivity index (χ3v) is 9.13. The second kappa shape index (κ2) is 9.58. The summed E-state index contributed by atoms with van der Waals surface area (Å²) >= 11 is 1.73. The highest BCUT2D eigenvalue weighted by molar-refractivity contribution is 7.99. The zero-order valence-electron chi connectivity index (χ0n) is 19.4. The molecule has 0 radical (unpaired) electrons. The number of alkyl halides is 4. The molecule has 2 aliphatic heterocycles. The molecule has 2 aliphatic carbocycles. The van der Waals surface area contributed by atoms with E-state index >= 15 is 0 Å². The van der Waals surface area contributed by atoms with Crippen LogP contribution in [0.3, 0.4) is 0 Å². The van der Waals surface area contributed by atoms with Gasteiger partial charge in [-0.1, -0.05) is 23.9 Å². The highest BCUT2D eigenvalue weighted by atomic mass is 32.2. The van der Waals surface area contributed by atoms with Crippen LogP contribution in [0.25, 0.3) is 0 Å². The van der Waals surface area contributed by atoms with Crippen LogP contribution in [-0.2, 0) is 11.8 Å². The third kappa shape index (κ3) is 4.95. The molecular formula is C24H32F4N4OS. The maximum atomic E-state index is 14.6. The van der Waals surface area contributed by atoms with E-state index in [-0.39, 0.29) is 11.3 Å². The zero-order valence-corrected chi connectivity index (χ0v) is 20.3. The van der Waals surface area contributed by atoms with Crippen molar-refractivity contribution in [1.82, 2.24) is 19.7 Å². The molecule has 4 aliphatic rings. The van der Waals surface area contributed by atoms with E-state index in [1.807, 2.05) is 7.05 Å². The first-order valence-electron chi connectivity index (χ1n) is 12.2. The summed E-state index contributed by atoms with van der Waals surface area (Å²) in [4.78, 5) is 2.43. The minimum Gasteiger partial charge on any atom is -0.381 e. The zero-order chi connectivity index (χ0) is 23.9. The molecule has 10 heteroatoms. The van der Waals surface area contributed by atoms with Gasteiger partial charge in [-0.05, 0) is 62.6 Å². The Bertz CT molecular complexity index is 942. The molecule has 0 aromatic carbocycles. The number of halogens is 4. The molecule has 188 valence electrons. The van der Waals surface area contributed by atoms with Crippen LogP contribution in [0.2, 0.25) is 0 Å². The van der Waals surface area contributed by atoms with Gasteiger partial charge in [-0.2, -0.15) is 13.2 Å². The monoisotopic (exact) mass is 500 g/mol. The van der Waals surface area contributed by atoms with Crippen LogP contribution in [0.4, 0.5) is 17.6 Å². The van der Waals surface area contributed by atoms with Crippen molar-refractivity contribution in [1.29, 1.82) is 0 Å². The van der Waals surface area contributed by atoms with Crippen molar-refractivity contribution in [3.05, 3.63) is 29.6 Å². The van der Waals surface area contributed by atoms with Crippen LogP contribution in [0.1, 0.15) is 43.8 Å². The predicted octanol–water partition coefficient (Wildman–Crippen LogP) is 4.92. The molecular weight excluding hydrogens is 468 g/mol. The molecule has 3 heterocycles. The number of rotatable bonds is 7. The molecule has 2 saturated heterocycles. The van der Waals surface area contributed by atoms with E-state index in [9.17, 15) is 17.6 Å². The first-order chi connectivity index (χ1) is 16.3. The summed E-state index contributed by atoms with van der Waals surface area (Å²) in [6.07, 6.45) is 2.20. The molecule has 34 heavy (non-hydrogen) atoms. The first-order valence-corrected chi connectivity index (χ1v) is 13.2. The Kier molecular flexibility index (Phi) is 6.85. The lowest BCUT2D eigenvalue weighted by Crippen LogP contribution is -2.26. The minimum absolute atomic E-state index is 0.0816. The molecule has 0 N–H and O–H groups in total. The molecule has 4 atom stereocenters. The molecule has 5 rings (SSSR count). The average Bonchev–Trinajstić information content (AvgIpc) is 3.14. The molecule has 1 spiro atoms. The predicted molar refractivity (Wildman–Crippen MR) is 122 cm³/mol. The number of aromatic nitrogens is 3. The van der Waals surface area contributed by atoms with Gasteiger partial charge in [-0.25, -0.2) is 4.39 Å². The molecule has 0 bridgehead atoms. The lowest BCUT2D eigenvalue weighted by atomic mass is 9.86. The second-order valence-electron chi connectivity index (χ2n) is 10.2. The van der Waals surface area contributed by atoms with E-state index in [2.05, 4.69) is 19.7 Å². The summed E-state index contributed by atoms with van der Waals surface area (Å²) in [5.74, 6) is 2.14. The quantitative estimate of drug-likeness (QED) is 0.302. The first kappa shape index (κ1) is 24.3. The van der Waals surface area contributed by atoms with Crippen molar-refractivity contribution < 1.29 is 22.3 Å². The van der Waals surface area contributed by atoms with Gasteiger partial charge in [-0.15, -0.1) is 10.2 Å². The SMILES string of the molecule is Cn1c(SCCCN2CC[C@@]3(CC3[C@H]3C=CC(C(F)(F)F)=CC3F)C2)nnc1C1CCOCC1. The lowest BCUT2D eigenvalue weighted by molar-refractivity contribution is -0.0893. The van der Waals surface area contributed by atoms with E-state index in [1.165, 1.54) is 6.08 Å². The van der Waals surface area contributed by atoms with Gasteiger partial charge in [0.25, 0.3) is 0 Å². The second-order valence-corrected chi connectivity index (χ2v) is 11.3. The van der Waals surface area contributed by atoms with Gasteiger partial charge in [0.1, 0.15) is 12.0 Å². The maximum Gasteiger partial charge on any atom is 0.416 e. The van der Waals surface area contributed by atoms with Crippen molar-refractivity contribution in [3.8, 4) is 0 Å². The number of ether oxygens (including phenoxy) is 1. The molecule has 5 nitrogen and oxygen atoms in total. The van der Waals surface area contributed by atoms with Crippen LogP contribution >= 0.6 is 11.8 Å². The van der Waals surface area contributed by atoms with E-state index < -0.39 is 23.8 Å². The fourth-order valence-corrected chi connectivity index (χ4v) is 6.83. The molecule has 0 amide bonds. The Labute approximate surface area is 202 Å². The largest absolute Gasteiger partial charge is 0.416 e. The summed E-state index contributed by atoms with van der Waals surface area (Å²) in [6, 6.07) is 0. The highest BCUT2D eigenvalue weighted by Gasteiger charge is 2.60. The Morgan fingerprint density at radius 1 is 1.24 bits per heavy atom. The third-order valence-electron chi connectivity index (χ3n) is 8.02. The van der Waals surface area contributed by atoms with Crippen LogP contribution in [0.5, 0.6) is 0 Å². The van der Waals surface area contributed by atoms with E-state index in [4.69, 9.17) is 4.74 Å². The van der Waals surface area contributed by atoms with Crippen LogP contribution in [-0.4, -0.2) is 70.6 Å². The normalized spacial score (nSPS) is 32.5. The highest BCUT2D eigenvalue weighted by Crippen LogP contribution is 2.63. The smallest absolute Gasteiger partial charge is 0.381 e. The number of thioether (sulfide) groups is 1. The lowest BCUT2D eigenvalue weighted by Gasteiger charge is -2.23. The topological polar surface area (TPSA) is 43.2 Å². The molecule has 2 unspecified atom stereocenters.